The first-order chi connectivity index (χ1) is 13.5. The van der Waals surface area contributed by atoms with Gasteiger partial charge in [-0.15, -0.1) is 0 Å². The van der Waals surface area contributed by atoms with Gasteiger partial charge in [0.2, 0.25) is 0 Å². The number of nitrogens with one attached hydrogen (secondary N) is 1. The van der Waals surface area contributed by atoms with Gasteiger partial charge in [0.25, 0.3) is 5.91 Å². The average Bonchev–Trinajstić information content (AvgIpc) is 3.02. The number of hydrogen-bond donors (Lipinski definition) is 1. The van der Waals surface area contributed by atoms with E-state index in [0.29, 0.717) is 29.5 Å². The summed E-state index contributed by atoms with van der Waals surface area (Å²) in [6.45, 7) is 5.73. The van der Waals surface area contributed by atoms with Gasteiger partial charge in [-0.2, -0.15) is 5.10 Å². The van der Waals surface area contributed by atoms with Crippen LogP contribution in [-0.2, 0) is 13.2 Å². The molecule has 0 aliphatic rings. The first kappa shape index (κ1) is 20.0. The maximum Gasteiger partial charge on any atom is 0.255 e. The predicted octanol–water partition coefficient (Wildman–Crippen LogP) is 4.55. The van der Waals surface area contributed by atoms with E-state index in [-0.39, 0.29) is 5.91 Å². The van der Waals surface area contributed by atoms with E-state index in [1.807, 2.05) is 61.0 Å². The normalized spacial score (nSPS) is 10.7. The summed E-state index contributed by atoms with van der Waals surface area (Å²) in [6.07, 6.45) is 0.807. The third-order valence-corrected chi connectivity index (χ3v) is 4.63. The standard InChI is InChI=1S/C22H24ClN3O2/c1-16-14-17(2)26(25-16)13-5-12-24-22(27)20-6-3-4-7-21(20)28-15-18-8-10-19(23)11-9-18/h3-4,6-11,14H,5,12-13,15H2,1-2H3,(H,24,27). The monoisotopic (exact) mass is 397 g/mol. The van der Waals surface area contributed by atoms with Gasteiger partial charge in [-0.25, -0.2) is 0 Å². The van der Waals surface area contributed by atoms with Crippen LogP contribution in [0.15, 0.2) is 54.6 Å². The summed E-state index contributed by atoms with van der Waals surface area (Å²) < 4.78 is 7.82. The molecule has 0 fully saturated rings. The zero-order valence-corrected chi connectivity index (χ0v) is 16.9. The molecule has 0 saturated heterocycles. The Bertz CT molecular complexity index is 935. The van der Waals surface area contributed by atoms with Crippen LogP contribution in [0.25, 0.3) is 0 Å². The number of carbonyl (C=O) groups excluding carboxylic acids is 1. The Balaban J connectivity index is 1.53. The third-order valence-electron chi connectivity index (χ3n) is 4.37. The van der Waals surface area contributed by atoms with Gasteiger partial charge in [0.15, 0.2) is 0 Å². The molecule has 0 unspecified atom stereocenters. The number of para-hydroxylation sites is 1. The third kappa shape index (κ3) is 5.36. The molecule has 1 heterocycles. The highest BCUT2D eigenvalue weighted by Crippen LogP contribution is 2.20. The second-order valence-corrected chi connectivity index (χ2v) is 7.11. The molecule has 5 nitrogen and oxygen atoms in total. The van der Waals surface area contributed by atoms with E-state index in [9.17, 15) is 4.79 Å². The van der Waals surface area contributed by atoms with Crippen molar-refractivity contribution in [3.8, 4) is 5.75 Å². The summed E-state index contributed by atoms with van der Waals surface area (Å²) in [4.78, 5) is 12.6. The highest BCUT2D eigenvalue weighted by molar-refractivity contribution is 6.30. The molecule has 1 amide bonds. The molecule has 28 heavy (non-hydrogen) atoms. The van der Waals surface area contributed by atoms with E-state index in [0.717, 1.165) is 29.9 Å². The summed E-state index contributed by atoms with van der Waals surface area (Å²) in [5, 5.41) is 8.08. The maximum absolute atomic E-state index is 12.6. The Morgan fingerprint density at radius 2 is 1.89 bits per heavy atom. The molecule has 6 heteroatoms. The molecular weight excluding hydrogens is 374 g/mol. The molecule has 0 aliphatic carbocycles. The smallest absolute Gasteiger partial charge is 0.255 e. The lowest BCUT2D eigenvalue weighted by molar-refractivity contribution is 0.0948. The zero-order chi connectivity index (χ0) is 19.9. The molecule has 0 radical (unpaired) electrons. The number of aryl methyl sites for hydroxylation is 3. The van der Waals surface area contributed by atoms with Gasteiger partial charge in [-0.05, 0) is 56.2 Å². The number of aromatic nitrogens is 2. The number of nitrogens with zero attached hydrogens (tertiary/aromatic N) is 2. The quantitative estimate of drug-likeness (QED) is 0.567. The van der Waals surface area contributed by atoms with Crippen molar-refractivity contribution in [2.45, 2.75) is 33.4 Å². The van der Waals surface area contributed by atoms with Gasteiger partial charge >= 0.3 is 0 Å². The number of benzene rings is 2. The van der Waals surface area contributed by atoms with Crippen molar-refractivity contribution >= 4 is 17.5 Å². The topological polar surface area (TPSA) is 56.2 Å². The van der Waals surface area contributed by atoms with Gasteiger partial charge in [0.05, 0.1) is 11.3 Å². The van der Waals surface area contributed by atoms with Crippen molar-refractivity contribution in [1.29, 1.82) is 0 Å². The van der Waals surface area contributed by atoms with Crippen molar-refractivity contribution in [3.63, 3.8) is 0 Å². The minimum Gasteiger partial charge on any atom is -0.488 e. The zero-order valence-electron chi connectivity index (χ0n) is 16.1. The molecule has 146 valence electrons. The number of hydrogen-bond acceptors (Lipinski definition) is 3. The molecule has 0 saturated carbocycles. The number of amides is 1. The molecule has 0 bridgehead atoms. The fourth-order valence-electron chi connectivity index (χ4n) is 2.95. The molecule has 2 aromatic carbocycles. The Kier molecular flexibility index (Phi) is 6.71. The fraction of sp³-hybridized carbons (Fsp3) is 0.273. The van der Waals surface area contributed by atoms with Gasteiger partial charge < -0.3 is 10.1 Å². The second kappa shape index (κ2) is 9.42. The summed E-state index contributed by atoms with van der Waals surface area (Å²) in [5.41, 5.74) is 3.66. The number of carbonyl (C=O) groups is 1. The van der Waals surface area contributed by atoms with Gasteiger partial charge in [0, 0.05) is 23.8 Å². The first-order valence-electron chi connectivity index (χ1n) is 9.28. The van der Waals surface area contributed by atoms with E-state index in [2.05, 4.69) is 10.4 Å². The minimum absolute atomic E-state index is 0.139. The molecule has 1 N–H and O–H groups in total. The summed E-state index contributed by atoms with van der Waals surface area (Å²) in [6, 6.07) is 16.8. The molecule has 3 rings (SSSR count). The Labute approximate surface area is 170 Å². The van der Waals surface area contributed by atoms with Crippen molar-refractivity contribution in [2.75, 3.05) is 6.54 Å². The van der Waals surface area contributed by atoms with Crippen LogP contribution in [0.2, 0.25) is 5.02 Å². The van der Waals surface area contributed by atoms with Crippen LogP contribution in [0.1, 0.15) is 33.7 Å². The van der Waals surface area contributed by atoms with Crippen LogP contribution < -0.4 is 10.1 Å². The number of halogens is 1. The highest BCUT2D eigenvalue weighted by atomic mass is 35.5. The van der Waals surface area contributed by atoms with Crippen molar-refractivity contribution in [3.05, 3.63) is 82.1 Å². The van der Waals surface area contributed by atoms with E-state index in [4.69, 9.17) is 16.3 Å². The van der Waals surface area contributed by atoms with Crippen LogP contribution in [-0.4, -0.2) is 22.2 Å². The summed E-state index contributed by atoms with van der Waals surface area (Å²) >= 11 is 5.91. The number of rotatable bonds is 8. The SMILES string of the molecule is Cc1cc(C)n(CCCNC(=O)c2ccccc2OCc2ccc(Cl)cc2)n1. The van der Waals surface area contributed by atoms with Crippen LogP contribution in [0, 0.1) is 13.8 Å². The Hall–Kier alpha value is -2.79. The molecule has 1 aromatic heterocycles. The van der Waals surface area contributed by atoms with Crippen LogP contribution in [0.3, 0.4) is 0 Å². The van der Waals surface area contributed by atoms with Crippen LogP contribution >= 0.6 is 11.6 Å². The van der Waals surface area contributed by atoms with Gasteiger partial charge in [0.1, 0.15) is 12.4 Å². The van der Waals surface area contributed by atoms with Crippen molar-refractivity contribution < 1.29 is 9.53 Å². The molecule has 3 aromatic rings. The molecule has 0 spiro atoms. The first-order valence-corrected chi connectivity index (χ1v) is 9.66. The fourth-order valence-corrected chi connectivity index (χ4v) is 3.08. The highest BCUT2D eigenvalue weighted by Gasteiger charge is 2.12. The molecule has 0 atom stereocenters. The van der Waals surface area contributed by atoms with E-state index in [1.54, 1.807) is 12.1 Å². The number of ether oxygens (including phenoxy) is 1. The van der Waals surface area contributed by atoms with E-state index in [1.165, 1.54) is 0 Å². The van der Waals surface area contributed by atoms with Gasteiger partial charge in [-0.3, -0.25) is 9.48 Å². The van der Waals surface area contributed by atoms with Crippen molar-refractivity contribution in [1.82, 2.24) is 15.1 Å². The predicted molar refractivity (Wildman–Crippen MR) is 111 cm³/mol. The lowest BCUT2D eigenvalue weighted by Gasteiger charge is -2.12. The average molecular weight is 398 g/mol. The molecular formula is C22H24ClN3O2. The lowest BCUT2D eigenvalue weighted by atomic mass is 10.2. The largest absolute Gasteiger partial charge is 0.488 e. The van der Waals surface area contributed by atoms with E-state index >= 15 is 0 Å². The summed E-state index contributed by atoms with van der Waals surface area (Å²) in [7, 11) is 0. The van der Waals surface area contributed by atoms with Gasteiger partial charge in [-0.1, -0.05) is 35.9 Å². The molecule has 0 aliphatic heterocycles. The second-order valence-electron chi connectivity index (χ2n) is 6.67. The lowest BCUT2D eigenvalue weighted by Crippen LogP contribution is -2.26. The Morgan fingerprint density at radius 3 is 2.61 bits per heavy atom. The maximum atomic E-state index is 12.6. The van der Waals surface area contributed by atoms with E-state index < -0.39 is 0 Å². The van der Waals surface area contributed by atoms with Crippen LogP contribution in [0.5, 0.6) is 5.75 Å². The van der Waals surface area contributed by atoms with Crippen molar-refractivity contribution in [2.24, 2.45) is 0 Å². The Morgan fingerprint density at radius 1 is 1.14 bits per heavy atom. The minimum atomic E-state index is -0.139. The van der Waals surface area contributed by atoms with Crippen LogP contribution in [0.4, 0.5) is 0 Å². The summed E-state index contributed by atoms with van der Waals surface area (Å²) in [5.74, 6) is 0.425.